The van der Waals surface area contributed by atoms with E-state index in [2.05, 4.69) is 5.32 Å². The molecule has 0 saturated carbocycles. The number of esters is 1. The van der Waals surface area contributed by atoms with Crippen LogP contribution in [0.2, 0.25) is 0 Å². The van der Waals surface area contributed by atoms with E-state index in [4.69, 9.17) is 10.5 Å². The van der Waals surface area contributed by atoms with Crippen LogP contribution in [-0.2, 0) is 14.6 Å². The Kier molecular flexibility index (Phi) is 5.19. The lowest BCUT2D eigenvalue weighted by Gasteiger charge is -2.04. The zero-order valence-corrected chi connectivity index (χ0v) is 12.8. The fourth-order valence-corrected chi connectivity index (χ4v) is 3.99. The Balaban J connectivity index is 3.30. The van der Waals surface area contributed by atoms with E-state index in [0.717, 1.165) is 24.0 Å². The van der Waals surface area contributed by atoms with Crippen molar-refractivity contribution in [3.05, 3.63) is 4.88 Å². The summed E-state index contributed by atoms with van der Waals surface area (Å²) >= 11 is 1.01. The van der Waals surface area contributed by atoms with Crippen molar-refractivity contribution in [2.45, 2.75) is 25.2 Å². The molecule has 108 valence electrons. The standard InChI is InChI=1S/C11H18N2O4S2/c1-4-6-13-10-9(19(3,15)16)7(12)8(18-10)11(14)17-5-2/h13H,4-6,12H2,1-3H3. The smallest absolute Gasteiger partial charge is 0.350 e. The Morgan fingerprint density at radius 1 is 1.42 bits per heavy atom. The summed E-state index contributed by atoms with van der Waals surface area (Å²) in [6, 6.07) is 0. The zero-order valence-electron chi connectivity index (χ0n) is 11.1. The minimum Gasteiger partial charge on any atom is -0.462 e. The van der Waals surface area contributed by atoms with Gasteiger partial charge in [0.1, 0.15) is 14.8 Å². The number of carbonyl (C=O) groups is 1. The van der Waals surface area contributed by atoms with Crippen molar-refractivity contribution in [1.82, 2.24) is 0 Å². The average Bonchev–Trinajstić information content (AvgIpc) is 2.63. The highest BCUT2D eigenvalue weighted by Crippen LogP contribution is 2.39. The Hall–Kier alpha value is -1.28. The number of sulfone groups is 1. The van der Waals surface area contributed by atoms with Crippen molar-refractivity contribution in [3.8, 4) is 0 Å². The summed E-state index contributed by atoms with van der Waals surface area (Å²) in [6.45, 7) is 4.44. The average molecular weight is 306 g/mol. The Labute approximate surface area is 116 Å². The summed E-state index contributed by atoms with van der Waals surface area (Å²) in [6.07, 6.45) is 1.90. The molecule has 0 radical (unpaired) electrons. The molecular formula is C11H18N2O4S2. The lowest BCUT2D eigenvalue weighted by molar-refractivity contribution is 0.0533. The lowest BCUT2D eigenvalue weighted by atomic mass is 10.4. The molecule has 0 aliphatic rings. The Bertz CT molecular complexity index is 563. The molecule has 3 N–H and O–H groups in total. The van der Waals surface area contributed by atoms with Crippen LogP contribution in [0.25, 0.3) is 0 Å². The molecular weight excluding hydrogens is 288 g/mol. The minimum atomic E-state index is -3.51. The quantitative estimate of drug-likeness (QED) is 0.777. The van der Waals surface area contributed by atoms with Crippen molar-refractivity contribution in [2.24, 2.45) is 0 Å². The molecule has 0 aromatic carbocycles. The van der Waals surface area contributed by atoms with Gasteiger partial charge in [0.05, 0.1) is 12.3 Å². The van der Waals surface area contributed by atoms with Gasteiger partial charge in [-0.2, -0.15) is 0 Å². The van der Waals surface area contributed by atoms with E-state index in [1.165, 1.54) is 0 Å². The molecule has 8 heteroatoms. The first-order valence-electron chi connectivity index (χ1n) is 5.86. The van der Waals surface area contributed by atoms with Gasteiger partial charge < -0.3 is 15.8 Å². The number of nitrogen functional groups attached to an aromatic ring is 1. The first kappa shape index (κ1) is 15.8. The maximum atomic E-state index is 11.8. The lowest BCUT2D eigenvalue weighted by Crippen LogP contribution is -2.08. The van der Waals surface area contributed by atoms with E-state index >= 15 is 0 Å². The fraction of sp³-hybridized carbons (Fsp3) is 0.545. The molecule has 1 aromatic heterocycles. The van der Waals surface area contributed by atoms with Gasteiger partial charge in [0.2, 0.25) is 0 Å². The first-order chi connectivity index (χ1) is 8.82. The predicted octanol–water partition coefficient (Wildman–Crippen LogP) is 1.73. The van der Waals surface area contributed by atoms with Crippen LogP contribution < -0.4 is 11.1 Å². The van der Waals surface area contributed by atoms with Crippen LogP contribution >= 0.6 is 11.3 Å². The number of nitrogens with one attached hydrogen (secondary N) is 1. The maximum absolute atomic E-state index is 11.8. The maximum Gasteiger partial charge on any atom is 0.350 e. The molecule has 0 fully saturated rings. The zero-order chi connectivity index (χ0) is 14.6. The molecule has 0 amide bonds. The van der Waals surface area contributed by atoms with Gasteiger partial charge >= 0.3 is 5.97 Å². The molecule has 1 heterocycles. The molecule has 0 unspecified atom stereocenters. The molecule has 0 aliphatic heterocycles. The monoisotopic (exact) mass is 306 g/mol. The summed E-state index contributed by atoms with van der Waals surface area (Å²) in [5.74, 6) is -0.598. The molecule has 0 atom stereocenters. The number of anilines is 2. The highest BCUT2D eigenvalue weighted by molar-refractivity contribution is 7.91. The number of thiophene rings is 1. The SMILES string of the molecule is CCCNc1sc(C(=O)OCC)c(N)c1S(C)(=O)=O. The van der Waals surface area contributed by atoms with Crippen molar-refractivity contribution >= 4 is 37.8 Å². The highest BCUT2D eigenvalue weighted by atomic mass is 32.2. The summed E-state index contributed by atoms with van der Waals surface area (Å²) < 4.78 is 28.4. The normalized spacial score (nSPS) is 11.3. The van der Waals surface area contributed by atoms with Gasteiger partial charge in [-0.15, -0.1) is 11.3 Å². The Morgan fingerprint density at radius 3 is 2.53 bits per heavy atom. The number of hydrogen-bond donors (Lipinski definition) is 2. The van der Waals surface area contributed by atoms with Gasteiger partial charge in [0, 0.05) is 12.8 Å². The predicted molar refractivity (Wildman–Crippen MR) is 76.6 cm³/mol. The van der Waals surface area contributed by atoms with E-state index in [1.54, 1.807) is 6.92 Å². The third-order valence-corrected chi connectivity index (χ3v) is 4.70. The first-order valence-corrected chi connectivity index (χ1v) is 8.57. The second-order valence-corrected chi connectivity index (χ2v) is 6.90. The van der Waals surface area contributed by atoms with Gasteiger partial charge in [-0.3, -0.25) is 0 Å². The fourth-order valence-electron chi connectivity index (χ4n) is 1.50. The van der Waals surface area contributed by atoms with Crippen LogP contribution in [0, 0.1) is 0 Å². The highest BCUT2D eigenvalue weighted by Gasteiger charge is 2.27. The summed E-state index contributed by atoms with van der Waals surface area (Å²) in [5.41, 5.74) is 5.75. The van der Waals surface area contributed by atoms with Crippen LogP contribution in [0.1, 0.15) is 29.9 Å². The molecule has 1 aromatic rings. The number of nitrogens with two attached hydrogens (primary N) is 1. The third-order valence-electron chi connectivity index (χ3n) is 2.27. The van der Waals surface area contributed by atoms with Gasteiger partial charge in [-0.05, 0) is 13.3 Å². The van der Waals surface area contributed by atoms with Crippen molar-refractivity contribution < 1.29 is 17.9 Å². The number of carbonyl (C=O) groups excluding carboxylic acids is 1. The van der Waals surface area contributed by atoms with Crippen molar-refractivity contribution in [1.29, 1.82) is 0 Å². The van der Waals surface area contributed by atoms with E-state index in [-0.39, 0.29) is 22.1 Å². The second-order valence-electron chi connectivity index (χ2n) is 3.92. The largest absolute Gasteiger partial charge is 0.462 e. The van der Waals surface area contributed by atoms with Crippen LogP contribution in [0.4, 0.5) is 10.7 Å². The van der Waals surface area contributed by atoms with Gasteiger partial charge in [-0.25, -0.2) is 13.2 Å². The van der Waals surface area contributed by atoms with Crippen molar-refractivity contribution in [2.75, 3.05) is 30.5 Å². The topological polar surface area (TPSA) is 98.5 Å². The molecule has 1 rings (SSSR count). The minimum absolute atomic E-state index is 0.0194. The van der Waals surface area contributed by atoms with Gasteiger partial charge in [0.25, 0.3) is 0 Å². The van der Waals surface area contributed by atoms with E-state index in [9.17, 15) is 13.2 Å². The van der Waals surface area contributed by atoms with E-state index in [1.807, 2.05) is 6.92 Å². The number of ether oxygens (including phenoxy) is 1. The summed E-state index contributed by atoms with van der Waals surface area (Å²) in [7, 11) is -3.51. The molecule has 0 aliphatic carbocycles. The van der Waals surface area contributed by atoms with Gasteiger partial charge in [-0.1, -0.05) is 6.92 Å². The Morgan fingerprint density at radius 2 is 2.05 bits per heavy atom. The van der Waals surface area contributed by atoms with E-state index < -0.39 is 15.8 Å². The number of rotatable bonds is 6. The molecule has 0 bridgehead atoms. The van der Waals surface area contributed by atoms with E-state index in [0.29, 0.717) is 11.5 Å². The van der Waals surface area contributed by atoms with Crippen LogP contribution in [0.5, 0.6) is 0 Å². The molecule has 6 nitrogen and oxygen atoms in total. The summed E-state index contributed by atoms with van der Waals surface area (Å²) in [4.78, 5) is 11.8. The molecule has 0 spiro atoms. The van der Waals surface area contributed by atoms with Crippen LogP contribution in [0.3, 0.4) is 0 Å². The molecule has 19 heavy (non-hydrogen) atoms. The van der Waals surface area contributed by atoms with Gasteiger partial charge in [0.15, 0.2) is 9.84 Å². The third kappa shape index (κ3) is 3.60. The van der Waals surface area contributed by atoms with Crippen LogP contribution in [0.15, 0.2) is 4.90 Å². The number of hydrogen-bond acceptors (Lipinski definition) is 7. The van der Waals surface area contributed by atoms with Crippen molar-refractivity contribution in [3.63, 3.8) is 0 Å². The second kappa shape index (κ2) is 6.25. The summed E-state index contributed by atoms with van der Waals surface area (Å²) in [5, 5.41) is 3.37. The van der Waals surface area contributed by atoms with Crippen LogP contribution in [-0.4, -0.2) is 33.8 Å². The molecule has 0 saturated heterocycles.